The topological polar surface area (TPSA) is 117 Å². The maximum atomic E-state index is 12.0. The van der Waals surface area contributed by atoms with Gasteiger partial charge in [0.25, 0.3) is 0 Å². The fourth-order valence-corrected chi connectivity index (χ4v) is 3.43. The highest BCUT2D eigenvalue weighted by Gasteiger charge is 2.18. The number of nitrogens with one attached hydrogen (secondary N) is 3. The Hall–Kier alpha value is -2.61. The number of carbonyl (C=O) groups excluding carboxylic acids is 3. The summed E-state index contributed by atoms with van der Waals surface area (Å²) in [5.74, 6) is 0.339. The molecule has 0 aliphatic rings. The average Bonchev–Trinajstić information content (AvgIpc) is 2.85. The summed E-state index contributed by atoms with van der Waals surface area (Å²) in [7, 11) is 0. The van der Waals surface area contributed by atoms with Crippen LogP contribution in [0.5, 0.6) is 5.75 Å². The molecule has 0 aliphatic carbocycles. The predicted octanol–water partition coefficient (Wildman–Crippen LogP) is 3.09. The molecule has 1 rings (SSSR count). The van der Waals surface area contributed by atoms with E-state index in [0.29, 0.717) is 32.5 Å². The Morgan fingerprint density at radius 2 is 1.41 bits per heavy atom. The highest BCUT2D eigenvalue weighted by atomic mass is 16.5. The third-order valence-corrected chi connectivity index (χ3v) is 5.38. The smallest absolute Gasteiger partial charge is 0.244 e. The molecule has 0 saturated heterocycles. The number of ether oxygens (including phenoxy) is 1. The van der Waals surface area contributed by atoms with E-state index in [-0.39, 0.29) is 17.7 Å². The molecule has 0 fully saturated rings. The summed E-state index contributed by atoms with van der Waals surface area (Å²) in [4.78, 5) is 35.6. The van der Waals surface area contributed by atoms with Crippen LogP contribution in [0, 0.1) is 0 Å². The average molecular weight is 478 g/mol. The molecule has 1 aromatic rings. The predicted molar refractivity (Wildman–Crippen MR) is 133 cm³/mol. The van der Waals surface area contributed by atoms with E-state index in [9.17, 15) is 19.5 Å². The molecular formula is C26H43N3O5. The van der Waals surface area contributed by atoms with Crippen LogP contribution in [0.1, 0.15) is 77.6 Å². The summed E-state index contributed by atoms with van der Waals surface area (Å²) < 4.78 is 5.55. The van der Waals surface area contributed by atoms with Gasteiger partial charge in [0.05, 0.1) is 13.2 Å². The molecule has 3 amide bonds. The lowest BCUT2D eigenvalue weighted by Crippen LogP contribution is -2.49. The zero-order chi connectivity index (χ0) is 24.9. The molecule has 8 heteroatoms. The summed E-state index contributed by atoms with van der Waals surface area (Å²) in [5.41, 5.74) is 0. The van der Waals surface area contributed by atoms with Gasteiger partial charge >= 0.3 is 0 Å². The molecule has 4 N–H and O–H groups in total. The molecule has 0 aliphatic heterocycles. The van der Waals surface area contributed by atoms with Gasteiger partial charge in [0, 0.05) is 19.4 Å². The van der Waals surface area contributed by atoms with E-state index in [1.165, 1.54) is 0 Å². The monoisotopic (exact) mass is 477 g/mol. The van der Waals surface area contributed by atoms with Crippen molar-refractivity contribution in [2.75, 3.05) is 26.3 Å². The Kier molecular flexibility index (Phi) is 17.2. The van der Waals surface area contributed by atoms with Gasteiger partial charge < -0.3 is 25.8 Å². The van der Waals surface area contributed by atoms with E-state index in [1.54, 1.807) is 0 Å². The van der Waals surface area contributed by atoms with Crippen LogP contribution in [0.2, 0.25) is 0 Å². The van der Waals surface area contributed by atoms with Gasteiger partial charge in [0.1, 0.15) is 18.4 Å². The summed E-state index contributed by atoms with van der Waals surface area (Å²) >= 11 is 0. The number of aliphatic hydroxyl groups excluding tert-OH is 1. The number of hydrogen-bond acceptors (Lipinski definition) is 5. The second kappa shape index (κ2) is 19.8. The first-order chi connectivity index (χ1) is 16.6. The quantitative estimate of drug-likeness (QED) is 0.215. The number of hydrogen-bond donors (Lipinski definition) is 4. The lowest BCUT2D eigenvalue weighted by Gasteiger charge is -2.15. The van der Waals surface area contributed by atoms with E-state index < -0.39 is 12.6 Å². The van der Waals surface area contributed by atoms with Gasteiger partial charge in [0.15, 0.2) is 0 Å². The molecule has 192 valence electrons. The number of para-hydroxylation sites is 1. The SMILES string of the molecule is CCCNC(=O)C(CO)NC(=O)CCCCCCCCCCC(=O)NCCOc1ccccc1. The molecule has 0 aromatic heterocycles. The molecule has 1 atom stereocenters. The lowest BCUT2D eigenvalue weighted by molar-refractivity contribution is -0.130. The maximum Gasteiger partial charge on any atom is 0.244 e. The Labute approximate surface area is 204 Å². The second-order valence-electron chi connectivity index (χ2n) is 8.43. The second-order valence-corrected chi connectivity index (χ2v) is 8.43. The minimum absolute atomic E-state index is 0.0706. The van der Waals surface area contributed by atoms with Crippen molar-refractivity contribution in [3.05, 3.63) is 30.3 Å². The van der Waals surface area contributed by atoms with E-state index in [1.807, 2.05) is 37.3 Å². The van der Waals surface area contributed by atoms with Crippen LogP contribution in [0.25, 0.3) is 0 Å². The number of carbonyl (C=O) groups is 3. The van der Waals surface area contributed by atoms with Crippen molar-refractivity contribution in [2.45, 2.75) is 83.6 Å². The van der Waals surface area contributed by atoms with Gasteiger partial charge in [-0.25, -0.2) is 0 Å². The van der Waals surface area contributed by atoms with Crippen LogP contribution < -0.4 is 20.7 Å². The van der Waals surface area contributed by atoms with E-state index in [0.717, 1.165) is 63.5 Å². The number of benzene rings is 1. The number of unbranched alkanes of at least 4 members (excludes halogenated alkanes) is 7. The van der Waals surface area contributed by atoms with Crippen molar-refractivity contribution >= 4 is 17.7 Å². The largest absolute Gasteiger partial charge is 0.492 e. The van der Waals surface area contributed by atoms with Crippen LogP contribution in [0.4, 0.5) is 0 Å². The summed E-state index contributed by atoms with van der Waals surface area (Å²) in [6.45, 7) is 3.05. The van der Waals surface area contributed by atoms with Crippen LogP contribution in [0.15, 0.2) is 30.3 Å². The number of rotatable bonds is 20. The lowest BCUT2D eigenvalue weighted by atomic mass is 10.1. The number of aliphatic hydroxyl groups is 1. The third-order valence-electron chi connectivity index (χ3n) is 5.38. The van der Waals surface area contributed by atoms with Crippen molar-refractivity contribution < 1.29 is 24.2 Å². The van der Waals surface area contributed by atoms with Gasteiger partial charge in [-0.3, -0.25) is 14.4 Å². The first kappa shape index (κ1) is 29.4. The van der Waals surface area contributed by atoms with E-state index in [2.05, 4.69) is 16.0 Å². The highest BCUT2D eigenvalue weighted by Crippen LogP contribution is 2.11. The van der Waals surface area contributed by atoms with E-state index >= 15 is 0 Å². The van der Waals surface area contributed by atoms with Crippen LogP contribution >= 0.6 is 0 Å². The minimum atomic E-state index is -0.872. The molecule has 0 saturated carbocycles. The molecule has 8 nitrogen and oxygen atoms in total. The Bertz CT molecular complexity index is 684. The van der Waals surface area contributed by atoms with Gasteiger partial charge in [-0.1, -0.05) is 63.6 Å². The third kappa shape index (κ3) is 15.3. The summed E-state index contributed by atoms with van der Waals surface area (Å²) in [6, 6.07) is 8.68. The first-order valence-electron chi connectivity index (χ1n) is 12.7. The molecule has 0 radical (unpaired) electrons. The molecule has 0 spiro atoms. The minimum Gasteiger partial charge on any atom is -0.492 e. The van der Waals surface area contributed by atoms with Crippen molar-refractivity contribution in [3.63, 3.8) is 0 Å². The molecule has 0 bridgehead atoms. The maximum absolute atomic E-state index is 12.0. The van der Waals surface area contributed by atoms with Crippen molar-refractivity contribution in [1.29, 1.82) is 0 Å². The molecule has 34 heavy (non-hydrogen) atoms. The van der Waals surface area contributed by atoms with Gasteiger partial charge in [-0.05, 0) is 31.4 Å². The highest BCUT2D eigenvalue weighted by molar-refractivity contribution is 5.87. The van der Waals surface area contributed by atoms with Crippen molar-refractivity contribution in [1.82, 2.24) is 16.0 Å². The Morgan fingerprint density at radius 3 is 2.00 bits per heavy atom. The van der Waals surface area contributed by atoms with Gasteiger partial charge in [-0.15, -0.1) is 0 Å². The standard InChI is InChI=1S/C26H43N3O5/c1-2-18-28-26(33)23(21-30)29-25(32)17-13-8-6-4-3-5-7-12-16-24(31)27-19-20-34-22-14-10-9-11-15-22/h9-11,14-15,23,30H,2-8,12-13,16-21H2,1H3,(H,27,31)(H,28,33)(H,29,32). The molecule has 1 unspecified atom stereocenters. The molecule has 1 aromatic carbocycles. The summed E-state index contributed by atoms with van der Waals surface area (Å²) in [6.07, 6.45) is 9.80. The zero-order valence-corrected chi connectivity index (χ0v) is 20.7. The van der Waals surface area contributed by atoms with Gasteiger partial charge in [0.2, 0.25) is 17.7 Å². The van der Waals surface area contributed by atoms with Crippen LogP contribution in [-0.2, 0) is 14.4 Å². The van der Waals surface area contributed by atoms with Crippen LogP contribution in [0.3, 0.4) is 0 Å². The van der Waals surface area contributed by atoms with Gasteiger partial charge in [-0.2, -0.15) is 0 Å². The first-order valence-corrected chi connectivity index (χ1v) is 12.7. The van der Waals surface area contributed by atoms with Crippen LogP contribution in [-0.4, -0.2) is 55.2 Å². The fourth-order valence-electron chi connectivity index (χ4n) is 3.43. The number of amides is 3. The normalized spacial score (nSPS) is 11.5. The van der Waals surface area contributed by atoms with E-state index in [4.69, 9.17) is 4.74 Å². The Morgan fingerprint density at radius 1 is 0.824 bits per heavy atom. The zero-order valence-electron chi connectivity index (χ0n) is 20.7. The molecule has 0 heterocycles. The van der Waals surface area contributed by atoms with Crippen molar-refractivity contribution in [2.24, 2.45) is 0 Å². The fraction of sp³-hybridized carbons (Fsp3) is 0.654. The Balaban J connectivity index is 1.90. The summed E-state index contributed by atoms with van der Waals surface area (Å²) in [5, 5.41) is 17.4. The van der Waals surface area contributed by atoms with Crippen molar-refractivity contribution in [3.8, 4) is 5.75 Å². The molecular weight excluding hydrogens is 434 g/mol.